The maximum Gasteiger partial charge on any atom is 0.306 e. The predicted octanol–water partition coefficient (Wildman–Crippen LogP) is 2.12. The second-order valence-corrected chi connectivity index (χ2v) is 9.69. The lowest BCUT2D eigenvalue weighted by Gasteiger charge is -2.24. The summed E-state index contributed by atoms with van der Waals surface area (Å²) in [6.45, 7) is 13.7. The van der Waals surface area contributed by atoms with E-state index >= 15 is 0 Å². The number of carboxylic acid groups (broad SMARTS) is 1. The van der Waals surface area contributed by atoms with Crippen molar-refractivity contribution in [3.63, 3.8) is 0 Å². The van der Waals surface area contributed by atoms with Crippen LogP contribution in [0.15, 0.2) is 60.7 Å². The topological polar surface area (TPSA) is 127 Å². The highest BCUT2D eigenvalue weighted by Crippen LogP contribution is 2.27. The van der Waals surface area contributed by atoms with Gasteiger partial charge in [-0.3, -0.25) is 9.59 Å². The average Bonchev–Trinajstić information content (AvgIpc) is 2.97. The number of aliphatic carboxylic acids is 1. The van der Waals surface area contributed by atoms with Gasteiger partial charge < -0.3 is 34.1 Å². The lowest BCUT2D eigenvalue weighted by molar-refractivity contribution is -0.896. The molecule has 9 heteroatoms. The first-order chi connectivity index (χ1) is 19.7. The molecule has 0 saturated carbocycles. The van der Waals surface area contributed by atoms with Crippen molar-refractivity contribution in [2.24, 2.45) is 5.92 Å². The minimum atomic E-state index is -1.92. The van der Waals surface area contributed by atoms with Crippen molar-refractivity contribution < 1.29 is 43.7 Å². The highest BCUT2D eigenvalue weighted by Gasteiger charge is 2.27. The third-order valence-corrected chi connectivity index (χ3v) is 6.63. The summed E-state index contributed by atoms with van der Waals surface area (Å²) in [5.41, 5.74) is 2.45. The molecule has 2 N–H and O–H groups in total. The van der Waals surface area contributed by atoms with Crippen LogP contribution in [0.25, 0.3) is 0 Å². The van der Waals surface area contributed by atoms with Crippen LogP contribution in [0.4, 0.5) is 0 Å². The first-order valence-corrected chi connectivity index (χ1v) is 14.5. The largest absolute Gasteiger partial charge is 0.547 e. The molecule has 0 amide bonds. The molecule has 228 valence electrons. The molecule has 0 aliphatic heterocycles. The van der Waals surface area contributed by atoms with Crippen molar-refractivity contribution in [2.75, 3.05) is 32.8 Å². The van der Waals surface area contributed by atoms with Crippen molar-refractivity contribution >= 4 is 17.9 Å². The van der Waals surface area contributed by atoms with Gasteiger partial charge in [-0.15, -0.1) is 0 Å². The molecular weight excluding hydrogens is 526 g/mol. The second-order valence-electron chi connectivity index (χ2n) is 9.69. The van der Waals surface area contributed by atoms with Crippen molar-refractivity contribution in [1.29, 1.82) is 0 Å². The van der Waals surface area contributed by atoms with Crippen LogP contribution in [0, 0.1) is 5.92 Å². The Morgan fingerprint density at radius 2 is 1.24 bits per heavy atom. The van der Waals surface area contributed by atoms with Gasteiger partial charge in [0.1, 0.15) is 6.10 Å². The van der Waals surface area contributed by atoms with E-state index in [4.69, 9.17) is 4.74 Å². The SMILES string of the molecule is CCOC(=O)CC(CC(=O)OCC)C(O)C(=O)[O-].CC[NH+](CC)CCC(C)OC(c1ccccc1)c1ccccc1. The molecule has 0 fully saturated rings. The van der Waals surface area contributed by atoms with Crippen LogP contribution in [-0.4, -0.2) is 68.1 Å². The zero-order chi connectivity index (χ0) is 30.6. The van der Waals surface area contributed by atoms with Gasteiger partial charge in [0.2, 0.25) is 0 Å². The zero-order valence-electron chi connectivity index (χ0n) is 25.0. The number of rotatable bonds is 17. The molecule has 2 aromatic rings. The monoisotopic (exact) mass is 573 g/mol. The van der Waals surface area contributed by atoms with Crippen molar-refractivity contribution in [1.82, 2.24) is 0 Å². The van der Waals surface area contributed by atoms with Gasteiger partial charge in [-0.2, -0.15) is 0 Å². The number of benzene rings is 2. The number of hydrogen-bond donors (Lipinski definition) is 2. The van der Waals surface area contributed by atoms with E-state index in [9.17, 15) is 24.6 Å². The summed E-state index contributed by atoms with van der Waals surface area (Å²) in [5.74, 6) is -4.24. The number of quaternary nitrogens is 1. The molecule has 9 nitrogen and oxygen atoms in total. The van der Waals surface area contributed by atoms with Gasteiger partial charge in [0.15, 0.2) is 0 Å². The fraction of sp³-hybridized carbons (Fsp3) is 0.531. The Labute approximate surface area is 244 Å². The third kappa shape index (κ3) is 14.3. The standard InChI is InChI=1S/C21H29NO.C11H18O7/c1-4-22(5-2)17-16-18(3)23-21(19-12-8-6-9-13-19)20-14-10-7-11-15-20;1-3-17-8(12)5-7(10(14)11(15)16)6-9(13)18-4-2/h6-15,18,21H,4-5,16-17H2,1-3H3;7,10,14H,3-6H2,1-2H3,(H,15,16). The number of nitrogens with one attached hydrogen (secondary N) is 1. The van der Waals surface area contributed by atoms with Crippen LogP contribution in [0.3, 0.4) is 0 Å². The number of carbonyl (C=O) groups excluding carboxylic acids is 3. The molecule has 0 bridgehead atoms. The minimum Gasteiger partial charge on any atom is -0.547 e. The number of hydrogen-bond acceptors (Lipinski definition) is 8. The van der Waals surface area contributed by atoms with Crippen LogP contribution in [-0.2, 0) is 28.6 Å². The van der Waals surface area contributed by atoms with Gasteiger partial charge in [0.05, 0.1) is 63.9 Å². The fourth-order valence-corrected chi connectivity index (χ4v) is 4.27. The Morgan fingerprint density at radius 1 is 0.805 bits per heavy atom. The van der Waals surface area contributed by atoms with Crippen LogP contribution in [0.5, 0.6) is 0 Å². The Balaban J connectivity index is 0.000000425. The Kier molecular flexibility index (Phi) is 18.0. The van der Waals surface area contributed by atoms with Gasteiger partial charge in [-0.05, 0) is 45.7 Å². The van der Waals surface area contributed by atoms with Crippen LogP contribution >= 0.6 is 0 Å². The number of aliphatic hydroxyl groups is 1. The quantitative estimate of drug-likeness (QED) is 0.276. The molecule has 0 heterocycles. The molecule has 2 atom stereocenters. The molecule has 0 spiro atoms. The van der Waals surface area contributed by atoms with Gasteiger partial charge in [0, 0.05) is 12.3 Å². The van der Waals surface area contributed by atoms with E-state index in [2.05, 4.69) is 90.9 Å². The molecule has 2 rings (SSSR count). The van der Waals surface area contributed by atoms with Gasteiger partial charge in [0.25, 0.3) is 0 Å². The summed E-state index contributed by atoms with van der Waals surface area (Å²) in [4.78, 5) is 34.6. The summed E-state index contributed by atoms with van der Waals surface area (Å²) in [6, 6.07) is 21.1. The molecule has 2 aromatic carbocycles. The number of carbonyl (C=O) groups is 3. The minimum absolute atomic E-state index is 0.0131. The number of ether oxygens (including phenoxy) is 3. The van der Waals surface area contributed by atoms with E-state index in [-0.39, 0.29) is 38.3 Å². The van der Waals surface area contributed by atoms with E-state index in [1.165, 1.54) is 30.8 Å². The summed E-state index contributed by atoms with van der Waals surface area (Å²) < 4.78 is 15.7. The van der Waals surface area contributed by atoms with Crippen molar-refractivity contribution in [3.8, 4) is 0 Å². The van der Waals surface area contributed by atoms with E-state index in [0.717, 1.165) is 6.42 Å². The summed E-state index contributed by atoms with van der Waals surface area (Å²) in [7, 11) is 0. The van der Waals surface area contributed by atoms with E-state index < -0.39 is 29.9 Å². The van der Waals surface area contributed by atoms with Crippen molar-refractivity contribution in [3.05, 3.63) is 71.8 Å². The molecule has 0 radical (unpaired) electrons. The van der Waals surface area contributed by atoms with Crippen LogP contribution in [0.1, 0.15) is 71.1 Å². The van der Waals surface area contributed by atoms with Crippen LogP contribution < -0.4 is 10.0 Å². The molecular formula is C32H47NO8. The Hall–Kier alpha value is -3.27. The molecule has 0 aliphatic carbocycles. The Bertz CT molecular complexity index is 938. The number of carboxylic acids is 1. The van der Waals surface area contributed by atoms with Gasteiger partial charge in [-0.1, -0.05) is 60.7 Å². The second kappa shape index (κ2) is 20.6. The third-order valence-electron chi connectivity index (χ3n) is 6.63. The van der Waals surface area contributed by atoms with E-state index in [0.29, 0.717) is 0 Å². The lowest BCUT2D eigenvalue weighted by atomic mass is 9.95. The summed E-state index contributed by atoms with van der Waals surface area (Å²) >= 11 is 0. The zero-order valence-corrected chi connectivity index (χ0v) is 25.0. The lowest BCUT2D eigenvalue weighted by Crippen LogP contribution is -3.11. The first kappa shape index (κ1) is 35.8. The Morgan fingerprint density at radius 3 is 1.61 bits per heavy atom. The first-order valence-electron chi connectivity index (χ1n) is 14.5. The smallest absolute Gasteiger partial charge is 0.306 e. The molecule has 0 saturated heterocycles. The maximum absolute atomic E-state index is 11.2. The number of aliphatic hydroxyl groups excluding tert-OH is 1. The van der Waals surface area contributed by atoms with Crippen molar-refractivity contribution in [2.45, 2.75) is 72.2 Å². The van der Waals surface area contributed by atoms with Gasteiger partial charge >= 0.3 is 11.9 Å². The highest BCUT2D eigenvalue weighted by molar-refractivity contribution is 5.77. The number of esters is 2. The molecule has 41 heavy (non-hydrogen) atoms. The molecule has 0 aliphatic rings. The molecule has 0 aromatic heterocycles. The van der Waals surface area contributed by atoms with Crippen LogP contribution in [0.2, 0.25) is 0 Å². The predicted molar refractivity (Wildman–Crippen MR) is 154 cm³/mol. The normalized spacial score (nSPS) is 12.4. The average molecular weight is 574 g/mol. The molecule has 2 unspecified atom stereocenters. The van der Waals surface area contributed by atoms with E-state index in [1.54, 1.807) is 18.7 Å². The summed E-state index contributed by atoms with van der Waals surface area (Å²) in [5, 5.41) is 19.9. The fourth-order valence-electron chi connectivity index (χ4n) is 4.27. The highest BCUT2D eigenvalue weighted by atomic mass is 16.5. The summed E-state index contributed by atoms with van der Waals surface area (Å²) in [6.07, 6.45) is -1.34. The van der Waals surface area contributed by atoms with Gasteiger partial charge in [-0.25, -0.2) is 0 Å². The maximum atomic E-state index is 11.2. The van der Waals surface area contributed by atoms with E-state index in [1.807, 2.05) is 0 Å².